The van der Waals surface area contributed by atoms with Gasteiger partial charge in [0.05, 0.1) is 20.3 Å². The Bertz CT molecular complexity index is 795. The number of carbonyl (C=O) groups is 1. The third-order valence-electron chi connectivity index (χ3n) is 4.21. The molecule has 0 heterocycles. The predicted molar refractivity (Wildman–Crippen MR) is 102 cm³/mol. The summed E-state index contributed by atoms with van der Waals surface area (Å²) in [5, 5.41) is 3.12. The molecule has 0 unspecified atom stereocenters. The summed E-state index contributed by atoms with van der Waals surface area (Å²) < 4.78 is 10.5. The number of nitrogens with one attached hydrogen (secondary N) is 1. The van der Waals surface area contributed by atoms with Crippen LogP contribution in [-0.2, 0) is 0 Å². The van der Waals surface area contributed by atoms with Crippen molar-refractivity contribution in [3.8, 4) is 11.5 Å². The number of carbonyl (C=O) groups excluding carboxylic acids is 1. The highest BCUT2D eigenvalue weighted by molar-refractivity contribution is 5.94. The van der Waals surface area contributed by atoms with Crippen LogP contribution in [0.15, 0.2) is 78.9 Å². The first-order valence-electron chi connectivity index (χ1n) is 8.35. The van der Waals surface area contributed by atoms with Gasteiger partial charge in [0.25, 0.3) is 5.91 Å². The second-order valence-electron chi connectivity index (χ2n) is 5.82. The molecular weight excluding hydrogens is 326 g/mol. The summed E-state index contributed by atoms with van der Waals surface area (Å²) in [6, 6.07) is 24.3. The molecule has 3 aromatic rings. The van der Waals surface area contributed by atoms with E-state index < -0.39 is 0 Å². The maximum absolute atomic E-state index is 12.7. The second-order valence-corrected chi connectivity index (χ2v) is 5.82. The minimum Gasteiger partial charge on any atom is -0.497 e. The summed E-state index contributed by atoms with van der Waals surface area (Å²) in [7, 11) is 3.26. The summed E-state index contributed by atoms with van der Waals surface area (Å²) >= 11 is 0. The van der Waals surface area contributed by atoms with E-state index in [1.807, 2.05) is 66.7 Å². The zero-order valence-electron chi connectivity index (χ0n) is 14.8. The van der Waals surface area contributed by atoms with Gasteiger partial charge in [-0.15, -0.1) is 0 Å². The van der Waals surface area contributed by atoms with E-state index in [-0.39, 0.29) is 11.9 Å². The van der Waals surface area contributed by atoms with E-state index in [1.165, 1.54) is 0 Å². The average molecular weight is 347 g/mol. The molecule has 0 saturated carbocycles. The summed E-state index contributed by atoms with van der Waals surface area (Å²) in [5.74, 6) is 1.43. The Kier molecular flexibility index (Phi) is 5.54. The lowest BCUT2D eigenvalue weighted by Crippen LogP contribution is -2.29. The van der Waals surface area contributed by atoms with Crippen molar-refractivity contribution in [3.05, 3.63) is 95.6 Å². The van der Waals surface area contributed by atoms with Crippen LogP contribution in [0.1, 0.15) is 27.5 Å². The average Bonchev–Trinajstić information content (AvgIpc) is 2.73. The predicted octanol–water partition coefficient (Wildman–Crippen LogP) is 4.22. The van der Waals surface area contributed by atoms with Gasteiger partial charge in [-0.3, -0.25) is 4.79 Å². The highest BCUT2D eigenvalue weighted by Crippen LogP contribution is 2.26. The summed E-state index contributed by atoms with van der Waals surface area (Å²) in [6.45, 7) is 0. The van der Waals surface area contributed by atoms with Gasteiger partial charge in [0, 0.05) is 5.56 Å². The molecule has 4 nitrogen and oxygen atoms in total. The maximum Gasteiger partial charge on any atom is 0.252 e. The highest BCUT2D eigenvalue weighted by Gasteiger charge is 2.18. The lowest BCUT2D eigenvalue weighted by Gasteiger charge is -2.20. The third kappa shape index (κ3) is 4.03. The summed E-state index contributed by atoms with van der Waals surface area (Å²) in [4.78, 5) is 12.7. The molecule has 0 aliphatic rings. The molecule has 0 aliphatic carbocycles. The molecule has 1 N–H and O–H groups in total. The van der Waals surface area contributed by atoms with E-state index >= 15 is 0 Å². The monoisotopic (exact) mass is 347 g/mol. The molecule has 0 atom stereocenters. The molecule has 26 heavy (non-hydrogen) atoms. The molecule has 132 valence electrons. The van der Waals surface area contributed by atoms with Gasteiger partial charge in [-0.25, -0.2) is 0 Å². The van der Waals surface area contributed by atoms with Crippen LogP contribution in [0.2, 0.25) is 0 Å². The number of rotatable bonds is 6. The van der Waals surface area contributed by atoms with Gasteiger partial charge in [-0.1, -0.05) is 42.5 Å². The summed E-state index contributed by atoms with van der Waals surface area (Å²) in [6.07, 6.45) is 0. The molecule has 3 rings (SSSR count). The Labute approximate surface area is 153 Å². The second kappa shape index (κ2) is 8.21. The molecule has 0 radical (unpaired) electrons. The Morgan fingerprint density at radius 3 is 1.62 bits per heavy atom. The van der Waals surface area contributed by atoms with Crippen molar-refractivity contribution in [1.82, 2.24) is 5.32 Å². The molecule has 4 heteroatoms. The highest BCUT2D eigenvalue weighted by atomic mass is 16.5. The van der Waals surface area contributed by atoms with Crippen LogP contribution in [0, 0.1) is 0 Å². The van der Waals surface area contributed by atoms with Crippen molar-refractivity contribution in [2.24, 2.45) is 0 Å². The lowest BCUT2D eigenvalue weighted by molar-refractivity contribution is 0.0943. The van der Waals surface area contributed by atoms with E-state index in [1.54, 1.807) is 26.4 Å². The zero-order chi connectivity index (χ0) is 18.4. The SMILES string of the molecule is COc1ccc(C(NC(=O)c2ccccc2)c2ccc(OC)cc2)cc1. The van der Waals surface area contributed by atoms with Gasteiger partial charge in [-0.2, -0.15) is 0 Å². The van der Waals surface area contributed by atoms with Crippen molar-refractivity contribution in [3.63, 3.8) is 0 Å². The van der Waals surface area contributed by atoms with E-state index in [2.05, 4.69) is 5.32 Å². The maximum atomic E-state index is 12.7. The topological polar surface area (TPSA) is 47.6 Å². The number of ether oxygens (including phenoxy) is 2. The first-order chi connectivity index (χ1) is 12.7. The Hall–Kier alpha value is -3.27. The number of hydrogen-bond donors (Lipinski definition) is 1. The van der Waals surface area contributed by atoms with Crippen LogP contribution >= 0.6 is 0 Å². The third-order valence-corrected chi connectivity index (χ3v) is 4.21. The molecule has 0 saturated heterocycles. The minimum absolute atomic E-state index is 0.123. The molecular formula is C22H21NO3. The van der Waals surface area contributed by atoms with Crippen LogP contribution in [0.5, 0.6) is 11.5 Å². The molecule has 1 amide bonds. The van der Waals surface area contributed by atoms with Crippen molar-refractivity contribution in [2.75, 3.05) is 14.2 Å². The van der Waals surface area contributed by atoms with E-state index in [0.29, 0.717) is 5.56 Å². The van der Waals surface area contributed by atoms with E-state index in [0.717, 1.165) is 22.6 Å². The Morgan fingerprint density at radius 2 is 1.19 bits per heavy atom. The Balaban J connectivity index is 1.93. The quantitative estimate of drug-likeness (QED) is 0.726. The summed E-state index contributed by atoms with van der Waals surface area (Å²) in [5.41, 5.74) is 2.57. The van der Waals surface area contributed by atoms with E-state index in [4.69, 9.17) is 9.47 Å². The van der Waals surface area contributed by atoms with Crippen molar-refractivity contribution >= 4 is 5.91 Å². The molecule has 0 aliphatic heterocycles. The fraction of sp³-hybridized carbons (Fsp3) is 0.136. The Morgan fingerprint density at radius 1 is 0.731 bits per heavy atom. The minimum atomic E-state index is -0.278. The van der Waals surface area contributed by atoms with Crippen molar-refractivity contribution in [2.45, 2.75) is 6.04 Å². The van der Waals surface area contributed by atoms with Gasteiger partial charge < -0.3 is 14.8 Å². The first kappa shape index (κ1) is 17.5. The molecule has 0 aromatic heterocycles. The molecule has 0 spiro atoms. The van der Waals surface area contributed by atoms with Crippen molar-refractivity contribution < 1.29 is 14.3 Å². The van der Waals surface area contributed by atoms with Crippen LogP contribution < -0.4 is 14.8 Å². The van der Waals surface area contributed by atoms with Gasteiger partial charge in [0.2, 0.25) is 0 Å². The van der Waals surface area contributed by atoms with Gasteiger partial charge >= 0.3 is 0 Å². The number of hydrogen-bond acceptors (Lipinski definition) is 3. The molecule has 0 bridgehead atoms. The lowest BCUT2D eigenvalue weighted by atomic mass is 9.98. The zero-order valence-corrected chi connectivity index (χ0v) is 14.8. The molecule has 3 aromatic carbocycles. The van der Waals surface area contributed by atoms with Crippen molar-refractivity contribution in [1.29, 1.82) is 0 Å². The van der Waals surface area contributed by atoms with Crippen LogP contribution in [0.25, 0.3) is 0 Å². The number of methoxy groups -OCH3 is 2. The number of amides is 1. The van der Waals surface area contributed by atoms with Gasteiger partial charge in [-0.05, 0) is 47.5 Å². The van der Waals surface area contributed by atoms with E-state index in [9.17, 15) is 4.79 Å². The van der Waals surface area contributed by atoms with Crippen LogP contribution in [0.3, 0.4) is 0 Å². The van der Waals surface area contributed by atoms with Gasteiger partial charge in [0.15, 0.2) is 0 Å². The fourth-order valence-electron chi connectivity index (χ4n) is 2.76. The molecule has 0 fully saturated rings. The van der Waals surface area contributed by atoms with Crippen LogP contribution in [-0.4, -0.2) is 20.1 Å². The fourth-order valence-corrected chi connectivity index (χ4v) is 2.76. The normalized spacial score (nSPS) is 10.4. The number of benzene rings is 3. The van der Waals surface area contributed by atoms with Crippen LogP contribution in [0.4, 0.5) is 0 Å². The van der Waals surface area contributed by atoms with Gasteiger partial charge in [0.1, 0.15) is 11.5 Å². The largest absolute Gasteiger partial charge is 0.497 e. The first-order valence-corrected chi connectivity index (χ1v) is 8.35. The smallest absolute Gasteiger partial charge is 0.252 e. The standard InChI is InChI=1S/C22H21NO3/c1-25-19-12-8-16(9-13-19)21(17-10-14-20(26-2)15-11-17)23-22(24)18-6-4-3-5-7-18/h3-15,21H,1-2H3,(H,23,24).